The maximum atomic E-state index is 10.9. The van der Waals surface area contributed by atoms with Gasteiger partial charge in [-0.3, -0.25) is 0 Å². The normalized spacial score (nSPS) is 45.5. The zero-order chi connectivity index (χ0) is 12.0. The van der Waals surface area contributed by atoms with E-state index in [1.54, 1.807) is 0 Å². The summed E-state index contributed by atoms with van der Waals surface area (Å²) in [6.07, 6.45) is 10.8. The first kappa shape index (κ1) is 12.0. The van der Waals surface area contributed by atoms with Crippen molar-refractivity contribution in [2.24, 2.45) is 29.1 Å². The second-order valence-corrected chi connectivity index (χ2v) is 7.30. The third-order valence-corrected chi connectivity index (χ3v) is 6.21. The molecule has 0 amide bonds. The Kier molecular flexibility index (Phi) is 3.01. The van der Waals surface area contributed by atoms with Gasteiger partial charge in [-0.1, -0.05) is 26.7 Å². The topological polar surface area (TPSA) is 20.2 Å². The van der Waals surface area contributed by atoms with E-state index in [9.17, 15) is 5.11 Å². The Morgan fingerprint density at radius 2 is 1.35 bits per heavy atom. The molecule has 1 nitrogen and oxygen atoms in total. The molecule has 0 aliphatic heterocycles. The molecule has 4 fully saturated rings. The van der Waals surface area contributed by atoms with Crippen LogP contribution in [-0.4, -0.2) is 11.2 Å². The van der Waals surface area contributed by atoms with Gasteiger partial charge >= 0.3 is 0 Å². The minimum atomic E-state index is -0.00843. The number of aliphatic hydroxyl groups is 1. The van der Waals surface area contributed by atoms with Crippen molar-refractivity contribution in [3.63, 3.8) is 0 Å². The van der Waals surface area contributed by atoms with Crippen LogP contribution in [0, 0.1) is 29.1 Å². The molecule has 0 aromatic rings. The Balaban J connectivity index is 1.81. The number of aliphatic hydroxyl groups excluding tert-OH is 1. The van der Waals surface area contributed by atoms with Gasteiger partial charge in [-0.25, -0.2) is 0 Å². The minimum Gasteiger partial charge on any atom is -0.392 e. The predicted octanol–water partition coefficient (Wildman–Crippen LogP) is 4.00. The summed E-state index contributed by atoms with van der Waals surface area (Å²) in [6, 6.07) is 0. The molecule has 4 aliphatic carbocycles. The zero-order valence-corrected chi connectivity index (χ0v) is 11.5. The van der Waals surface area contributed by atoms with Crippen LogP contribution in [0.1, 0.15) is 65.2 Å². The van der Waals surface area contributed by atoms with Crippen LogP contribution in [0.5, 0.6) is 0 Å². The number of rotatable bonds is 4. The van der Waals surface area contributed by atoms with Crippen LogP contribution in [-0.2, 0) is 0 Å². The fourth-order valence-corrected chi connectivity index (χ4v) is 5.78. The van der Waals surface area contributed by atoms with Crippen molar-refractivity contribution in [3.05, 3.63) is 0 Å². The standard InChI is InChI=1S/C16H28O/c1-3-14(4-2)15(17)16-8-11-5-12(9-16)7-13(6-11)10-16/h11-15,17H,3-10H2,1-2H3. The summed E-state index contributed by atoms with van der Waals surface area (Å²) in [5.41, 5.74) is 0.339. The quantitative estimate of drug-likeness (QED) is 0.782. The lowest BCUT2D eigenvalue weighted by Gasteiger charge is -2.59. The summed E-state index contributed by atoms with van der Waals surface area (Å²) in [5.74, 6) is 3.44. The molecule has 4 rings (SSSR count). The van der Waals surface area contributed by atoms with Gasteiger partial charge in [-0.2, -0.15) is 0 Å². The molecule has 1 unspecified atom stereocenters. The Hall–Kier alpha value is -0.0400. The summed E-state index contributed by atoms with van der Waals surface area (Å²) in [4.78, 5) is 0. The molecule has 17 heavy (non-hydrogen) atoms. The molecule has 0 aromatic carbocycles. The maximum absolute atomic E-state index is 10.9. The number of hydrogen-bond acceptors (Lipinski definition) is 1. The van der Waals surface area contributed by atoms with Crippen LogP contribution in [0.25, 0.3) is 0 Å². The molecule has 1 atom stereocenters. The first-order chi connectivity index (χ1) is 8.16. The van der Waals surface area contributed by atoms with Crippen molar-refractivity contribution in [3.8, 4) is 0 Å². The van der Waals surface area contributed by atoms with Crippen molar-refractivity contribution in [2.75, 3.05) is 0 Å². The second-order valence-electron chi connectivity index (χ2n) is 7.30. The van der Waals surface area contributed by atoms with E-state index >= 15 is 0 Å². The highest BCUT2D eigenvalue weighted by Crippen LogP contribution is 2.62. The van der Waals surface area contributed by atoms with Gasteiger partial charge in [0.1, 0.15) is 0 Å². The van der Waals surface area contributed by atoms with Crippen LogP contribution in [0.4, 0.5) is 0 Å². The van der Waals surface area contributed by atoms with Crippen LogP contribution in [0.2, 0.25) is 0 Å². The largest absolute Gasteiger partial charge is 0.392 e. The van der Waals surface area contributed by atoms with Gasteiger partial charge in [0.05, 0.1) is 6.10 Å². The molecular formula is C16H28O. The lowest BCUT2D eigenvalue weighted by atomic mass is 9.47. The molecule has 1 N–H and O–H groups in total. The lowest BCUT2D eigenvalue weighted by molar-refractivity contribution is -0.138. The monoisotopic (exact) mass is 236 g/mol. The average Bonchev–Trinajstić information content (AvgIpc) is 2.28. The molecule has 0 aromatic heterocycles. The SMILES string of the molecule is CCC(CC)C(O)C12CC3CC(CC(C3)C1)C2. The van der Waals surface area contributed by atoms with Crippen LogP contribution < -0.4 is 0 Å². The maximum Gasteiger partial charge on any atom is 0.0624 e. The summed E-state index contributed by atoms with van der Waals surface area (Å²) in [7, 11) is 0. The fraction of sp³-hybridized carbons (Fsp3) is 1.00. The van der Waals surface area contributed by atoms with Gasteiger partial charge in [-0.05, 0) is 67.6 Å². The highest BCUT2D eigenvalue weighted by molar-refractivity contribution is 5.05. The first-order valence-corrected chi connectivity index (χ1v) is 7.85. The Morgan fingerprint density at radius 1 is 0.941 bits per heavy atom. The molecule has 98 valence electrons. The number of hydrogen-bond donors (Lipinski definition) is 1. The highest BCUT2D eigenvalue weighted by atomic mass is 16.3. The Labute approximate surface area is 106 Å². The molecular weight excluding hydrogens is 208 g/mol. The first-order valence-electron chi connectivity index (χ1n) is 7.85. The van der Waals surface area contributed by atoms with Crippen molar-refractivity contribution in [1.29, 1.82) is 0 Å². The van der Waals surface area contributed by atoms with Crippen molar-refractivity contribution < 1.29 is 5.11 Å². The van der Waals surface area contributed by atoms with Gasteiger partial charge in [0.2, 0.25) is 0 Å². The molecule has 0 heterocycles. The smallest absolute Gasteiger partial charge is 0.0624 e. The molecule has 0 saturated heterocycles. The molecule has 4 saturated carbocycles. The third-order valence-electron chi connectivity index (χ3n) is 6.21. The van der Waals surface area contributed by atoms with Crippen molar-refractivity contribution >= 4 is 0 Å². The second kappa shape index (κ2) is 4.26. The zero-order valence-electron chi connectivity index (χ0n) is 11.5. The summed E-state index contributed by atoms with van der Waals surface area (Å²) < 4.78 is 0. The molecule has 4 aliphatic rings. The van der Waals surface area contributed by atoms with Gasteiger partial charge in [0.25, 0.3) is 0 Å². The van der Waals surface area contributed by atoms with E-state index < -0.39 is 0 Å². The van der Waals surface area contributed by atoms with E-state index in [0.29, 0.717) is 11.3 Å². The minimum absolute atomic E-state index is 0.00843. The van der Waals surface area contributed by atoms with Crippen LogP contribution in [0.3, 0.4) is 0 Å². The molecule has 0 radical (unpaired) electrons. The van der Waals surface area contributed by atoms with Crippen molar-refractivity contribution in [2.45, 2.75) is 71.3 Å². The fourth-order valence-electron chi connectivity index (χ4n) is 5.78. The Morgan fingerprint density at radius 3 is 1.71 bits per heavy atom. The van der Waals surface area contributed by atoms with E-state index in [2.05, 4.69) is 13.8 Å². The Bertz CT molecular complexity index is 244. The summed E-state index contributed by atoms with van der Waals surface area (Å²) in [6.45, 7) is 4.50. The average molecular weight is 236 g/mol. The van der Waals surface area contributed by atoms with Gasteiger partial charge < -0.3 is 5.11 Å². The van der Waals surface area contributed by atoms with E-state index in [4.69, 9.17) is 0 Å². The predicted molar refractivity (Wildman–Crippen MR) is 70.7 cm³/mol. The van der Waals surface area contributed by atoms with Crippen LogP contribution in [0.15, 0.2) is 0 Å². The summed E-state index contributed by atoms with van der Waals surface area (Å²) in [5, 5.41) is 10.9. The molecule has 0 spiro atoms. The van der Waals surface area contributed by atoms with Crippen LogP contribution >= 0.6 is 0 Å². The third kappa shape index (κ3) is 1.85. The van der Waals surface area contributed by atoms with Crippen molar-refractivity contribution in [1.82, 2.24) is 0 Å². The van der Waals surface area contributed by atoms with E-state index in [0.717, 1.165) is 30.6 Å². The van der Waals surface area contributed by atoms with Gasteiger partial charge in [0.15, 0.2) is 0 Å². The highest BCUT2D eigenvalue weighted by Gasteiger charge is 2.54. The molecule has 4 bridgehead atoms. The lowest BCUT2D eigenvalue weighted by Crippen LogP contribution is -2.53. The van der Waals surface area contributed by atoms with Gasteiger partial charge in [0, 0.05) is 0 Å². The van der Waals surface area contributed by atoms with Gasteiger partial charge in [-0.15, -0.1) is 0 Å². The van der Waals surface area contributed by atoms with E-state index in [1.165, 1.54) is 38.5 Å². The molecule has 1 heteroatoms. The van der Waals surface area contributed by atoms with E-state index in [1.807, 2.05) is 0 Å². The van der Waals surface area contributed by atoms with E-state index in [-0.39, 0.29) is 6.10 Å². The summed E-state index contributed by atoms with van der Waals surface area (Å²) >= 11 is 0.